The highest BCUT2D eigenvalue weighted by atomic mass is 32.2. The molecule has 0 N–H and O–H groups in total. The van der Waals surface area contributed by atoms with Gasteiger partial charge in [0.1, 0.15) is 0 Å². The topological polar surface area (TPSA) is 32.7 Å². The van der Waals surface area contributed by atoms with E-state index >= 15 is 0 Å². The highest BCUT2D eigenvalue weighted by molar-refractivity contribution is 8.13. The van der Waals surface area contributed by atoms with Crippen LogP contribution in [0.25, 0.3) is 0 Å². The molecule has 3 nitrogen and oxygen atoms in total. The van der Waals surface area contributed by atoms with Crippen molar-refractivity contribution in [2.75, 3.05) is 12.3 Å². The zero-order valence-electron chi connectivity index (χ0n) is 14.2. The van der Waals surface area contributed by atoms with Gasteiger partial charge in [-0.1, -0.05) is 54.2 Å². The smallest absolute Gasteiger partial charge is 0.232 e. The van der Waals surface area contributed by atoms with Crippen molar-refractivity contribution in [3.05, 3.63) is 65.2 Å². The molecule has 1 aliphatic heterocycles. The highest BCUT2D eigenvalue weighted by Gasteiger charge is 2.23. The molecule has 0 bridgehead atoms. The van der Waals surface area contributed by atoms with E-state index in [1.54, 1.807) is 11.8 Å². The molecule has 0 atom stereocenters. The lowest BCUT2D eigenvalue weighted by Crippen LogP contribution is -2.40. The Morgan fingerprint density at radius 3 is 2.75 bits per heavy atom. The van der Waals surface area contributed by atoms with Gasteiger partial charge in [0.05, 0.1) is 12.1 Å². The van der Waals surface area contributed by atoms with Crippen molar-refractivity contribution >= 4 is 28.5 Å². The van der Waals surface area contributed by atoms with E-state index in [0.717, 1.165) is 40.7 Å². The third-order valence-corrected chi connectivity index (χ3v) is 5.13. The first-order chi connectivity index (χ1) is 11.6. The summed E-state index contributed by atoms with van der Waals surface area (Å²) in [4.78, 5) is 19.4. The van der Waals surface area contributed by atoms with Gasteiger partial charge in [-0.3, -0.25) is 9.69 Å². The van der Waals surface area contributed by atoms with Gasteiger partial charge in [0.25, 0.3) is 0 Å². The van der Waals surface area contributed by atoms with E-state index in [4.69, 9.17) is 4.99 Å². The lowest BCUT2D eigenvalue weighted by Gasteiger charge is -2.28. The molecule has 24 heavy (non-hydrogen) atoms. The van der Waals surface area contributed by atoms with Crippen LogP contribution in [0.5, 0.6) is 0 Å². The number of thioether (sulfide) groups is 1. The Kier molecular flexibility index (Phi) is 5.36. The van der Waals surface area contributed by atoms with Crippen LogP contribution in [0.4, 0.5) is 5.69 Å². The Hall–Kier alpha value is -2.07. The molecule has 2 aromatic rings. The average Bonchev–Trinajstić information content (AvgIpc) is 2.59. The summed E-state index contributed by atoms with van der Waals surface area (Å²) in [5, 5.41) is 0.830. The zero-order chi connectivity index (χ0) is 16.9. The van der Waals surface area contributed by atoms with Crippen LogP contribution in [0.15, 0.2) is 53.5 Å². The maximum absolute atomic E-state index is 12.8. The molecular weight excluding hydrogens is 316 g/mol. The van der Waals surface area contributed by atoms with Gasteiger partial charge in [-0.15, -0.1) is 0 Å². The molecule has 124 valence electrons. The zero-order valence-corrected chi connectivity index (χ0v) is 15.0. The number of benzene rings is 2. The fourth-order valence-electron chi connectivity index (χ4n) is 2.69. The largest absolute Gasteiger partial charge is 0.291 e. The summed E-state index contributed by atoms with van der Waals surface area (Å²) < 4.78 is 0. The Morgan fingerprint density at radius 1 is 1.17 bits per heavy atom. The van der Waals surface area contributed by atoms with Crippen molar-refractivity contribution in [3.63, 3.8) is 0 Å². The van der Waals surface area contributed by atoms with E-state index in [0.29, 0.717) is 6.42 Å². The first kappa shape index (κ1) is 16.8. The van der Waals surface area contributed by atoms with Crippen LogP contribution < -0.4 is 0 Å². The van der Waals surface area contributed by atoms with E-state index in [1.807, 2.05) is 35.2 Å². The van der Waals surface area contributed by atoms with Gasteiger partial charge in [-0.2, -0.15) is 0 Å². The molecule has 1 saturated heterocycles. The number of carbonyl (C=O) groups excluding carboxylic acids is 1. The van der Waals surface area contributed by atoms with Crippen LogP contribution in [-0.4, -0.2) is 28.3 Å². The van der Waals surface area contributed by atoms with Crippen molar-refractivity contribution in [2.24, 2.45) is 4.99 Å². The van der Waals surface area contributed by atoms with Crippen LogP contribution >= 0.6 is 11.8 Å². The van der Waals surface area contributed by atoms with E-state index in [2.05, 4.69) is 32.0 Å². The SMILES string of the molecule is Cc1ccc(C)c(N=C2SCCCN2C(=O)Cc2ccccc2)c1. The predicted molar refractivity (Wildman–Crippen MR) is 102 cm³/mol. The fourth-order valence-corrected chi connectivity index (χ4v) is 3.66. The second-order valence-corrected chi connectivity index (χ2v) is 7.16. The molecule has 1 heterocycles. The summed E-state index contributed by atoms with van der Waals surface area (Å²) in [6.07, 6.45) is 1.43. The number of rotatable bonds is 3. The summed E-state index contributed by atoms with van der Waals surface area (Å²) in [5.74, 6) is 1.14. The monoisotopic (exact) mass is 338 g/mol. The first-order valence-electron chi connectivity index (χ1n) is 8.26. The average molecular weight is 338 g/mol. The molecule has 3 rings (SSSR count). The molecule has 1 amide bonds. The summed E-state index contributed by atoms with van der Waals surface area (Å²) in [7, 11) is 0. The van der Waals surface area contributed by atoms with Crippen LogP contribution in [0.3, 0.4) is 0 Å². The van der Waals surface area contributed by atoms with Gasteiger partial charge in [-0.25, -0.2) is 4.99 Å². The lowest BCUT2D eigenvalue weighted by atomic mass is 10.1. The minimum absolute atomic E-state index is 0.123. The van der Waals surface area contributed by atoms with Crippen LogP contribution in [0.2, 0.25) is 0 Å². The normalized spacial score (nSPS) is 16.4. The molecule has 0 aliphatic carbocycles. The number of nitrogens with zero attached hydrogens (tertiary/aromatic N) is 2. The third-order valence-electron chi connectivity index (χ3n) is 4.07. The van der Waals surface area contributed by atoms with Gasteiger partial charge in [0, 0.05) is 12.3 Å². The Balaban J connectivity index is 1.84. The van der Waals surface area contributed by atoms with Gasteiger partial charge < -0.3 is 0 Å². The molecule has 0 aromatic heterocycles. The van der Waals surface area contributed by atoms with E-state index in [9.17, 15) is 4.79 Å². The molecule has 1 fully saturated rings. The Bertz CT molecular complexity index is 755. The molecule has 0 unspecified atom stereocenters. The Labute approximate surface area is 147 Å². The lowest BCUT2D eigenvalue weighted by molar-refractivity contribution is -0.126. The first-order valence-corrected chi connectivity index (χ1v) is 9.25. The minimum Gasteiger partial charge on any atom is -0.291 e. The molecule has 1 aliphatic rings. The van der Waals surface area contributed by atoms with Crippen molar-refractivity contribution < 1.29 is 4.79 Å². The maximum atomic E-state index is 12.8. The van der Waals surface area contributed by atoms with Crippen LogP contribution in [0, 0.1) is 13.8 Å². The highest BCUT2D eigenvalue weighted by Crippen LogP contribution is 2.26. The van der Waals surface area contributed by atoms with Crippen molar-refractivity contribution in [2.45, 2.75) is 26.7 Å². The van der Waals surface area contributed by atoms with Gasteiger partial charge in [-0.05, 0) is 43.0 Å². The molecule has 0 radical (unpaired) electrons. The second kappa shape index (κ2) is 7.67. The third kappa shape index (κ3) is 4.06. The summed E-state index contributed by atoms with van der Waals surface area (Å²) in [6, 6.07) is 16.2. The molecule has 2 aromatic carbocycles. The predicted octanol–water partition coefficient (Wildman–Crippen LogP) is 4.50. The molecule has 4 heteroatoms. The standard InChI is InChI=1S/C20H22N2OS/c1-15-9-10-16(2)18(13-15)21-20-22(11-6-12-24-20)19(23)14-17-7-4-3-5-8-17/h3-5,7-10,13H,6,11-12,14H2,1-2H3. The number of aryl methyl sites for hydroxylation is 2. The summed E-state index contributed by atoms with van der Waals surface area (Å²) >= 11 is 1.67. The van der Waals surface area contributed by atoms with Gasteiger partial charge >= 0.3 is 0 Å². The number of hydrogen-bond donors (Lipinski definition) is 0. The van der Waals surface area contributed by atoms with Gasteiger partial charge in [0.15, 0.2) is 5.17 Å². The van der Waals surface area contributed by atoms with Crippen molar-refractivity contribution in [3.8, 4) is 0 Å². The summed E-state index contributed by atoms with van der Waals surface area (Å²) in [5.41, 5.74) is 4.32. The maximum Gasteiger partial charge on any atom is 0.232 e. The van der Waals surface area contributed by atoms with Crippen molar-refractivity contribution in [1.29, 1.82) is 0 Å². The number of amidine groups is 1. The number of hydrogen-bond acceptors (Lipinski definition) is 3. The number of aliphatic imine (C=N–C) groups is 1. The Morgan fingerprint density at radius 2 is 1.96 bits per heavy atom. The molecule has 0 spiro atoms. The van der Waals surface area contributed by atoms with Crippen molar-refractivity contribution in [1.82, 2.24) is 4.90 Å². The fraction of sp³-hybridized carbons (Fsp3) is 0.300. The van der Waals surface area contributed by atoms with Gasteiger partial charge in [0.2, 0.25) is 5.91 Å². The molecule has 0 saturated carbocycles. The number of carbonyl (C=O) groups is 1. The molecular formula is C20H22N2OS. The summed E-state index contributed by atoms with van der Waals surface area (Å²) in [6.45, 7) is 4.88. The second-order valence-electron chi connectivity index (χ2n) is 6.09. The van der Waals surface area contributed by atoms with Crippen LogP contribution in [0.1, 0.15) is 23.1 Å². The quantitative estimate of drug-likeness (QED) is 0.825. The van der Waals surface area contributed by atoms with E-state index < -0.39 is 0 Å². The van der Waals surface area contributed by atoms with E-state index in [1.165, 1.54) is 5.56 Å². The number of amides is 1. The minimum atomic E-state index is 0.123. The van der Waals surface area contributed by atoms with E-state index in [-0.39, 0.29) is 5.91 Å². The van der Waals surface area contributed by atoms with Crippen LogP contribution in [-0.2, 0) is 11.2 Å².